The van der Waals surface area contributed by atoms with E-state index in [-0.39, 0.29) is 16.8 Å². The summed E-state index contributed by atoms with van der Waals surface area (Å²) in [6.07, 6.45) is 0. The highest BCUT2D eigenvalue weighted by Crippen LogP contribution is 2.39. The molecule has 1 atom stereocenters. The van der Waals surface area contributed by atoms with Crippen LogP contribution in [0, 0.1) is 11.6 Å². The van der Waals surface area contributed by atoms with Crippen molar-refractivity contribution >= 4 is 29.3 Å². The van der Waals surface area contributed by atoms with Gasteiger partial charge in [0.2, 0.25) is 5.91 Å². The molecule has 3 aromatic rings. The standard InChI is InChI=1S/C23H18F2N2O2S/c24-18-7-4-8-19(25)21(18)26-22(29)16-9-11-17(12-10-16)23-27(20(28)14-30-23)13-15-5-2-1-3-6-15/h1-12,23H,13-14H2,(H,26,29)/t23-/m1/s1. The van der Waals surface area contributed by atoms with Gasteiger partial charge in [-0.1, -0.05) is 48.5 Å². The first-order valence-corrected chi connectivity index (χ1v) is 10.4. The van der Waals surface area contributed by atoms with E-state index in [4.69, 9.17) is 0 Å². The maximum absolute atomic E-state index is 13.8. The van der Waals surface area contributed by atoms with Crippen molar-refractivity contribution in [1.82, 2.24) is 4.90 Å². The number of nitrogens with one attached hydrogen (secondary N) is 1. The summed E-state index contributed by atoms with van der Waals surface area (Å²) in [5.41, 5.74) is 1.72. The Morgan fingerprint density at radius 3 is 2.30 bits per heavy atom. The van der Waals surface area contributed by atoms with E-state index in [1.54, 1.807) is 24.3 Å². The molecule has 0 aromatic heterocycles. The van der Waals surface area contributed by atoms with Gasteiger partial charge in [0.1, 0.15) is 22.7 Å². The SMILES string of the molecule is O=C(Nc1c(F)cccc1F)c1ccc([C@H]2SCC(=O)N2Cc2ccccc2)cc1. The molecule has 1 fully saturated rings. The summed E-state index contributed by atoms with van der Waals surface area (Å²) in [5, 5.41) is 2.12. The van der Waals surface area contributed by atoms with Gasteiger partial charge in [-0.3, -0.25) is 9.59 Å². The van der Waals surface area contributed by atoms with Gasteiger partial charge in [-0.05, 0) is 35.4 Å². The Hall–Kier alpha value is -3.19. The van der Waals surface area contributed by atoms with Gasteiger partial charge >= 0.3 is 0 Å². The largest absolute Gasteiger partial charge is 0.322 e. The summed E-state index contributed by atoms with van der Waals surface area (Å²) < 4.78 is 27.5. The minimum absolute atomic E-state index is 0.0608. The zero-order valence-corrected chi connectivity index (χ0v) is 16.7. The number of amides is 2. The zero-order chi connectivity index (χ0) is 21.1. The second-order valence-electron chi connectivity index (χ2n) is 6.84. The van der Waals surface area contributed by atoms with Gasteiger partial charge in [0.05, 0.1) is 5.75 Å². The molecule has 1 heterocycles. The number of anilines is 1. The van der Waals surface area contributed by atoms with Crippen molar-refractivity contribution < 1.29 is 18.4 Å². The summed E-state index contributed by atoms with van der Waals surface area (Å²) in [7, 11) is 0. The van der Waals surface area contributed by atoms with E-state index in [0.717, 1.165) is 23.3 Å². The quantitative estimate of drug-likeness (QED) is 0.628. The number of hydrogen-bond acceptors (Lipinski definition) is 3. The number of carbonyl (C=O) groups is 2. The van der Waals surface area contributed by atoms with Crippen LogP contribution in [0.1, 0.15) is 26.9 Å². The normalized spacial score (nSPS) is 16.0. The fourth-order valence-electron chi connectivity index (χ4n) is 3.28. The lowest BCUT2D eigenvalue weighted by atomic mass is 10.1. The summed E-state index contributed by atoms with van der Waals surface area (Å²) in [6, 6.07) is 19.9. The van der Waals surface area contributed by atoms with Gasteiger partial charge in [-0.15, -0.1) is 11.8 Å². The Labute approximate surface area is 176 Å². The van der Waals surface area contributed by atoms with Crippen LogP contribution in [0.2, 0.25) is 0 Å². The Kier molecular flexibility index (Phi) is 5.81. The minimum Gasteiger partial charge on any atom is -0.322 e. The van der Waals surface area contributed by atoms with Crippen LogP contribution in [0.3, 0.4) is 0 Å². The van der Waals surface area contributed by atoms with E-state index in [0.29, 0.717) is 12.3 Å². The highest BCUT2D eigenvalue weighted by atomic mass is 32.2. The van der Waals surface area contributed by atoms with Gasteiger partial charge < -0.3 is 10.2 Å². The van der Waals surface area contributed by atoms with Crippen molar-refractivity contribution in [3.05, 3.63) is 101 Å². The number of thioether (sulfide) groups is 1. The van der Waals surface area contributed by atoms with E-state index >= 15 is 0 Å². The molecule has 4 nitrogen and oxygen atoms in total. The average molecular weight is 424 g/mol. The molecule has 1 aliphatic rings. The van der Waals surface area contributed by atoms with Crippen LogP contribution in [0.25, 0.3) is 0 Å². The number of benzene rings is 3. The van der Waals surface area contributed by atoms with Crippen molar-refractivity contribution in [2.45, 2.75) is 11.9 Å². The first-order chi connectivity index (χ1) is 14.5. The molecule has 0 saturated carbocycles. The van der Waals surface area contributed by atoms with Crippen LogP contribution in [-0.4, -0.2) is 22.5 Å². The molecule has 0 unspecified atom stereocenters. The Morgan fingerprint density at radius 1 is 0.967 bits per heavy atom. The average Bonchev–Trinajstić information content (AvgIpc) is 3.12. The van der Waals surface area contributed by atoms with Crippen LogP contribution < -0.4 is 5.32 Å². The van der Waals surface area contributed by atoms with Crippen molar-refractivity contribution in [3.8, 4) is 0 Å². The summed E-state index contributed by atoms with van der Waals surface area (Å²) in [5.74, 6) is -1.82. The molecule has 4 rings (SSSR count). The summed E-state index contributed by atoms with van der Waals surface area (Å²) in [4.78, 5) is 26.6. The van der Waals surface area contributed by atoms with Crippen molar-refractivity contribution in [3.63, 3.8) is 0 Å². The topological polar surface area (TPSA) is 49.4 Å². The molecule has 1 aliphatic heterocycles. The number of rotatable bonds is 5. The fourth-order valence-corrected chi connectivity index (χ4v) is 4.47. The van der Waals surface area contributed by atoms with Gasteiger partial charge in [-0.2, -0.15) is 0 Å². The monoisotopic (exact) mass is 424 g/mol. The van der Waals surface area contributed by atoms with Crippen molar-refractivity contribution in [2.75, 3.05) is 11.1 Å². The van der Waals surface area contributed by atoms with Gasteiger partial charge in [0.15, 0.2) is 0 Å². The van der Waals surface area contributed by atoms with E-state index in [1.807, 2.05) is 35.2 Å². The van der Waals surface area contributed by atoms with Crippen molar-refractivity contribution in [2.24, 2.45) is 0 Å². The number of hydrogen-bond donors (Lipinski definition) is 1. The summed E-state index contributed by atoms with van der Waals surface area (Å²) >= 11 is 1.53. The van der Waals surface area contributed by atoms with Gasteiger partial charge in [0.25, 0.3) is 5.91 Å². The first kappa shape index (κ1) is 20.1. The molecule has 3 aromatic carbocycles. The molecule has 1 N–H and O–H groups in total. The van der Waals surface area contributed by atoms with Crippen molar-refractivity contribution in [1.29, 1.82) is 0 Å². The van der Waals surface area contributed by atoms with Crippen LogP contribution in [0.5, 0.6) is 0 Å². The molecular formula is C23H18F2N2O2S. The Bertz CT molecular complexity index is 1050. The molecule has 0 bridgehead atoms. The molecule has 7 heteroatoms. The molecule has 0 radical (unpaired) electrons. The third-order valence-corrected chi connectivity index (χ3v) is 6.08. The highest BCUT2D eigenvalue weighted by Gasteiger charge is 2.32. The number of nitrogens with zero attached hydrogens (tertiary/aromatic N) is 1. The minimum atomic E-state index is -0.836. The number of carbonyl (C=O) groups excluding carboxylic acids is 2. The molecule has 30 heavy (non-hydrogen) atoms. The molecule has 0 spiro atoms. The lowest BCUT2D eigenvalue weighted by Gasteiger charge is -2.24. The van der Waals surface area contributed by atoms with E-state index in [9.17, 15) is 18.4 Å². The maximum atomic E-state index is 13.8. The maximum Gasteiger partial charge on any atom is 0.255 e. The highest BCUT2D eigenvalue weighted by molar-refractivity contribution is 8.00. The van der Waals surface area contributed by atoms with E-state index < -0.39 is 23.2 Å². The lowest BCUT2D eigenvalue weighted by molar-refractivity contribution is -0.128. The zero-order valence-electron chi connectivity index (χ0n) is 15.8. The first-order valence-electron chi connectivity index (χ1n) is 9.33. The second kappa shape index (κ2) is 8.67. The third-order valence-electron chi connectivity index (χ3n) is 4.82. The van der Waals surface area contributed by atoms with Crippen LogP contribution in [0.4, 0.5) is 14.5 Å². The lowest BCUT2D eigenvalue weighted by Crippen LogP contribution is -2.27. The smallest absolute Gasteiger partial charge is 0.255 e. The van der Waals surface area contributed by atoms with Crippen LogP contribution in [0.15, 0.2) is 72.8 Å². The van der Waals surface area contributed by atoms with Gasteiger partial charge in [0, 0.05) is 12.1 Å². The predicted octanol–water partition coefficient (Wildman–Crippen LogP) is 4.99. The Balaban J connectivity index is 1.50. The third kappa shape index (κ3) is 4.21. The van der Waals surface area contributed by atoms with Crippen LogP contribution >= 0.6 is 11.8 Å². The van der Waals surface area contributed by atoms with Crippen LogP contribution in [-0.2, 0) is 11.3 Å². The predicted molar refractivity (Wildman–Crippen MR) is 113 cm³/mol. The fraction of sp³-hybridized carbons (Fsp3) is 0.130. The second-order valence-corrected chi connectivity index (χ2v) is 7.91. The Morgan fingerprint density at radius 2 is 1.63 bits per heavy atom. The number of para-hydroxylation sites is 1. The molecule has 0 aliphatic carbocycles. The van der Waals surface area contributed by atoms with E-state index in [1.165, 1.54) is 17.8 Å². The molecular weight excluding hydrogens is 406 g/mol. The summed E-state index contributed by atoms with van der Waals surface area (Å²) in [6.45, 7) is 0.506. The molecule has 2 amide bonds. The molecule has 152 valence electrons. The van der Waals surface area contributed by atoms with Gasteiger partial charge in [-0.25, -0.2) is 8.78 Å². The number of halogens is 2. The molecule has 1 saturated heterocycles. The van der Waals surface area contributed by atoms with E-state index in [2.05, 4.69) is 5.32 Å².